The number of halogens is 3. The standard InChI is InChI=1S/C27H26F3NO2S/c28-27(29,30)25(33)31-22-16-17-23(32)24(18-22)34-26(19-10-4-1-5-11-19,20-12-6-2-7-13-20)21-14-8-3-9-15-21/h1-15,22-24,32H,16-18H2,(H,31,33)/t22-,23+,24?/m1/s1. The van der Waals surface area contributed by atoms with Gasteiger partial charge in [-0.3, -0.25) is 4.79 Å². The van der Waals surface area contributed by atoms with E-state index in [0.717, 1.165) is 16.7 Å². The van der Waals surface area contributed by atoms with Crippen molar-refractivity contribution in [1.29, 1.82) is 0 Å². The van der Waals surface area contributed by atoms with Crippen molar-refractivity contribution in [2.45, 2.75) is 47.6 Å². The number of alkyl halides is 3. The van der Waals surface area contributed by atoms with E-state index >= 15 is 0 Å². The van der Waals surface area contributed by atoms with Crippen molar-refractivity contribution >= 4 is 17.7 Å². The highest BCUT2D eigenvalue weighted by Crippen LogP contribution is 2.52. The molecule has 2 N–H and O–H groups in total. The highest BCUT2D eigenvalue weighted by Gasteiger charge is 2.45. The third kappa shape index (κ3) is 5.15. The Kier molecular flexibility index (Phi) is 7.33. The van der Waals surface area contributed by atoms with Crippen LogP contribution in [-0.2, 0) is 9.54 Å². The molecule has 178 valence electrons. The quantitative estimate of drug-likeness (QED) is 0.442. The van der Waals surface area contributed by atoms with Crippen molar-refractivity contribution in [2.24, 2.45) is 0 Å². The van der Waals surface area contributed by atoms with Crippen molar-refractivity contribution in [2.75, 3.05) is 0 Å². The second-order valence-electron chi connectivity index (χ2n) is 8.48. The van der Waals surface area contributed by atoms with Crippen LogP contribution in [0.3, 0.4) is 0 Å². The minimum atomic E-state index is -4.93. The molecule has 3 aromatic rings. The minimum Gasteiger partial charge on any atom is -0.392 e. The summed E-state index contributed by atoms with van der Waals surface area (Å²) in [5.41, 5.74) is 3.02. The molecular formula is C27H26F3NO2S. The molecule has 1 unspecified atom stereocenters. The predicted octanol–water partition coefficient (Wildman–Crippen LogP) is 5.67. The van der Waals surface area contributed by atoms with E-state index in [1.165, 1.54) is 11.8 Å². The van der Waals surface area contributed by atoms with Crippen molar-refractivity contribution < 1.29 is 23.1 Å². The van der Waals surface area contributed by atoms with Gasteiger partial charge in [0, 0.05) is 11.3 Å². The molecule has 34 heavy (non-hydrogen) atoms. The molecule has 0 spiro atoms. The first-order valence-corrected chi connectivity index (χ1v) is 12.1. The molecule has 0 radical (unpaired) electrons. The molecule has 0 bridgehead atoms. The van der Waals surface area contributed by atoms with Gasteiger partial charge in [0.25, 0.3) is 0 Å². The van der Waals surface area contributed by atoms with E-state index in [2.05, 4.69) is 5.32 Å². The number of aliphatic hydroxyl groups is 1. The Morgan fingerprint density at radius 2 is 1.24 bits per heavy atom. The molecule has 1 saturated carbocycles. The monoisotopic (exact) mass is 485 g/mol. The van der Waals surface area contributed by atoms with E-state index in [9.17, 15) is 23.1 Å². The van der Waals surface area contributed by atoms with Crippen molar-refractivity contribution in [3.8, 4) is 0 Å². The second kappa shape index (κ2) is 10.2. The van der Waals surface area contributed by atoms with Crippen LogP contribution >= 0.6 is 11.8 Å². The van der Waals surface area contributed by atoms with Crippen LogP contribution in [0, 0.1) is 0 Å². The van der Waals surface area contributed by atoms with Crippen LogP contribution in [0.25, 0.3) is 0 Å². The fourth-order valence-corrected chi connectivity index (χ4v) is 6.48. The van der Waals surface area contributed by atoms with Crippen LogP contribution in [0.1, 0.15) is 36.0 Å². The van der Waals surface area contributed by atoms with E-state index in [4.69, 9.17) is 0 Å². The lowest BCUT2D eigenvalue weighted by molar-refractivity contribution is -0.174. The van der Waals surface area contributed by atoms with Gasteiger partial charge in [-0.15, -0.1) is 11.8 Å². The van der Waals surface area contributed by atoms with Gasteiger partial charge in [-0.05, 0) is 36.0 Å². The number of rotatable bonds is 6. The number of amides is 1. The Morgan fingerprint density at radius 3 is 1.65 bits per heavy atom. The first-order valence-electron chi connectivity index (χ1n) is 11.2. The summed E-state index contributed by atoms with van der Waals surface area (Å²) in [6.07, 6.45) is -4.79. The maximum absolute atomic E-state index is 12.8. The Bertz CT molecular complexity index is 981. The summed E-state index contributed by atoms with van der Waals surface area (Å²) in [4.78, 5) is 11.6. The molecule has 0 aromatic heterocycles. The molecule has 3 nitrogen and oxygen atoms in total. The lowest BCUT2D eigenvalue weighted by Crippen LogP contribution is -2.48. The highest BCUT2D eigenvalue weighted by molar-refractivity contribution is 8.01. The van der Waals surface area contributed by atoms with E-state index in [-0.39, 0.29) is 6.42 Å². The number of nitrogens with one attached hydrogen (secondary N) is 1. The number of thioether (sulfide) groups is 1. The third-order valence-electron chi connectivity index (χ3n) is 6.22. The number of aliphatic hydroxyl groups excluding tert-OH is 1. The summed E-state index contributed by atoms with van der Waals surface area (Å²) in [5.74, 6) is -1.93. The van der Waals surface area contributed by atoms with Crippen LogP contribution in [0.5, 0.6) is 0 Å². The molecule has 1 aliphatic carbocycles. The molecule has 1 fully saturated rings. The average Bonchev–Trinajstić information content (AvgIpc) is 2.85. The molecule has 3 aromatic carbocycles. The summed E-state index contributed by atoms with van der Waals surface area (Å²) in [6.45, 7) is 0. The van der Waals surface area contributed by atoms with Crippen molar-refractivity contribution in [3.63, 3.8) is 0 Å². The Hall–Kier alpha value is -2.77. The normalized spacial score (nSPS) is 21.1. The van der Waals surface area contributed by atoms with Gasteiger partial charge in [0.1, 0.15) is 0 Å². The first kappa shape index (κ1) is 24.4. The Morgan fingerprint density at radius 1 is 0.794 bits per heavy atom. The molecule has 0 aliphatic heterocycles. The first-order chi connectivity index (χ1) is 16.3. The highest BCUT2D eigenvalue weighted by atomic mass is 32.2. The predicted molar refractivity (Wildman–Crippen MR) is 128 cm³/mol. The Labute approximate surface area is 201 Å². The summed E-state index contributed by atoms with van der Waals surface area (Å²) in [7, 11) is 0. The van der Waals surface area contributed by atoms with Gasteiger partial charge in [0.05, 0.1) is 10.9 Å². The maximum atomic E-state index is 12.8. The average molecular weight is 486 g/mol. The van der Waals surface area contributed by atoms with Crippen molar-refractivity contribution in [1.82, 2.24) is 5.32 Å². The summed E-state index contributed by atoms with van der Waals surface area (Å²) < 4.78 is 37.8. The largest absolute Gasteiger partial charge is 0.471 e. The topological polar surface area (TPSA) is 49.3 Å². The van der Waals surface area contributed by atoms with E-state index < -0.39 is 34.2 Å². The molecular weight excluding hydrogens is 459 g/mol. The molecule has 1 amide bonds. The van der Waals surface area contributed by atoms with Gasteiger partial charge < -0.3 is 10.4 Å². The third-order valence-corrected chi connectivity index (χ3v) is 8.09. The van der Waals surface area contributed by atoms with Crippen LogP contribution < -0.4 is 5.32 Å². The minimum absolute atomic E-state index is 0.238. The molecule has 0 heterocycles. The fourth-order valence-electron chi connectivity index (χ4n) is 4.59. The molecule has 3 atom stereocenters. The zero-order valence-corrected chi connectivity index (χ0v) is 19.2. The molecule has 0 saturated heterocycles. The lowest BCUT2D eigenvalue weighted by Gasteiger charge is -2.42. The number of hydrogen-bond acceptors (Lipinski definition) is 3. The van der Waals surface area contributed by atoms with Crippen LogP contribution in [-0.4, -0.2) is 34.6 Å². The number of hydrogen-bond donors (Lipinski definition) is 2. The van der Waals surface area contributed by atoms with Gasteiger partial charge in [-0.25, -0.2) is 0 Å². The van der Waals surface area contributed by atoms with Gasteiger partial charge >= 0.3 is 12.1 Å². The molecule has 7 heteroatoms. The van der Waals surface area contributed by atoms with Crippen LogP contribution in [0.4, 0.5) is 13.2 Å². The fraction of sp³-hybridized carbons (Fsp3) is 0.296. The van der Waals surface area contributed by atoms with Gasteiger partial charge in [0.2, 0.25) is 0 Å². The molecule has 4 rings (SSSR count). The van der Waals surface area contributed by atoms with Gasteiger partial charge in [0.15, 0.2) is 0 Å². The molecule has 1 aliphatic rings. The smallest absolute Gasteiger partial charge is 0.392 e. The summed E-state index contributed by atoms with van der Waals surface area (Å²) >= 11 is 1.54. The van der Waals surface area contributed by atoms with Crippen LogP contribution in [0.2, 0.25) is 0 Å². The number of carbonyl (C=O) groups is 1. The van der Waals surface area contributed by atoms with Crippen LogP contribution in [0.15, 0.2) is 91.0 Å². The Balaban J connectivity index is 1.76. The zero-order chi connectivity index (χ0) is 24.2. The van der Waals surface area contributed by atoms with E-state index in [1.807, 2.05) is 91.0 Å². The van der Waals surface area contributed by atoms with E-state index in [0.29, 0.717) is 12.8 Å². The SMILES string of the molecule is O=C(N[C@@H]1CC[C@H](O)C(SC(c2ccccc2)(c2ccccc2)c2ccccc2)C1)C(F)(F)F. The zero-order valence-electron chi connectivity index (χ0n) is 18.4. The van der Waals surface area contributed by atoms with E-state index in [1.54, 1.807) is 0 Å². The van der Waals surface area contributed by atoms with Crippen molar-refractivity contribution in [3.05, 3.63) is 108 Å². The van der Waals surface area contributed by atoms with Gasteiger partial charge in [-0.1, -0.05) is 91.0 Å². The lowest BCUT2D eigenvalue weighted by atomic mass is 9.84. The summed E-state index contributed by atoms with van der Waals surface area (Å²) in [6, 6.07) is 29.1. The number of carbonyl (C=O) groups excluding carboxylic acids is 1. The maximum Gasteiger partial charge on any atom is 0.471 e. The van der Waals surface area contributed by atoms with Gasteiger partial charge in [-0.2, -0.15) is 13.2 Å². The number of benzene rings is 3. The summed E-state index contributed by atoms with van der Waals surface area (Å²) in [5, 5.41) is 12.7. The second-order valence-corrected chi connectivity index (χ2v) is 9.94.